The van der Waals surface area contributed by atoms with Crippen molar-refractivity contribution in [3.63, 3.8) is 0 Å². The maximum atomic E-state index is 14.1. The van der Waals surface area contributed by atoms with Gasteiger partial charge < -0.3 is 35.0 Å². The van der Waals surface area contributed by atoms with Gasteiger partial charge in [0, 0.05) is 31.5 Å². The fourth-order valence-electron chi connectivity index (χ4n) is 7.28. The monoisotopic (exact) mass is 736 g/mol. The lowest BCUT2D eigenvalue weighted by Gasteiger charge is -2.41. The number of nitrogens with one attached hydrogen (secondary N) is 1. The predicted octanol–water partition coefficient (Wildman–Crippen LogP) is 3.74. The first kappa shape index (κ1) is 33.6. The van der Waals surface area contributed by atoms with Crippen molar-refractivity contribution in [3.8, 4) is 11.5 Å². The molecule has 9 nitrogen and oxygen atoms in total. The van der Waals surface area contributed by atoms with Gasteiger partial charge in [0.25, 0.3) is 0 Å². The summed E-state index contributed by atoms with van der Waals surface area (Å²) in [5.41, 5.74) is 1.68. The second kappa shape index (κ2) is 15.2. The molecule has 2 amide bonds. The van der Waals surface area contributed by atoms with E-state index in [-0.39, 0.29) is 44.4 Å². The van der Waals surface area contributed by atoms with E-state index in [2.05, 4.69) is 27.9 Å². The molecule has 2 saturated carbocycles. The Kier molecular flexibility index (Phi) is 11.4. The van der Waals surface area contributed by atoms with Crippen molar-refractivity contribution in [2.24, 2.45) is 17.8 Å². The molecule has 0 aliphatic heterocycles. The minimum absolute atomic E-state index is 0.0513. The highest BCUT2D eigenvalue weighted by Crippen LogP contribution is 2.50. The lowest BCUT2D eigenvalue weighted by molar-refractivity contribution is -0.140. The molecule has 0 aromatic heterocycles. The smallest absolute Gasteiger partial charge is 0.247 e. The second-order valence-corrected chi connectivity index (χ2v) is 13.6. The highest BCUT2D eigenvalue weighted by Gasteiger charge is 2.44. The zero-order valence-electron chi connectivity index (χ0n) is 25.5. The van der Waals surface area contributed by atoms with Crippen molar-refractivity contribution in [2.75, 3.05) is 26.8 Å². The van der Waals surface area contributed by atoms with Crippen LogP contribution in [0.4, 0.5) is 4.39 Å². The SMILES string of the molecule is COc1cc(CO)cc(I)c1OC1C=C(C(=O)NCCO)CC(N(CCc2cccc(F)c2)C(=O)CC2CC3CCC2C3)C1O. The van der Waals surface area contributed by atoms with Gasteiger partial charge in [-0.25, -0.2) is 4.39 Å². The first-order valence-corrected chi connectivity index (χ1v) is 16.7. The van der Waals surface area contributed by atoms with E-state index in [1.54, 1.807) is 29.2 Å². The van der Waals surface area contributed by atoms with E-state index in [0.29, 0.717) is 56.8 Å². The molecule has 2 aromatic carbocycles. The minimum atomic E-state index is -1.20. The van der Waals surface area contributed by atoms with Gasteiger partial charge in [-0.2, -0.15) is 0 Å². The molecule has 0 radical (unpaired) electrons. The van der Waals surface area contributed by atoms with Crippen LogP contribution in [0.3, 0.4) is 0 Å². The molecule has 3 aliphatic carbocycles. The largest absolute Gasteiger partial charge is 0.493 e. The Bertz CT molecular complexity index is 1400. The number of fused-ring (bicyclic) bond motifs is 2. The van der Waals surface area contributed by atoms with E-state index >= 15 is 0 Å². The van der Waals surface area contributed by atoms with Crippen molar-refractivity contribution in [1.82, 2.24) is 10.2 Å². The summed E-state index contributed by atoms with van der Waals surface area (Å²) in [6, 6.07) is 8.85. The summed E-state index contributed by atoms with van der Waals surface area (Å²) in [6.07, 6.45) is 4.72. The maximum Gasteiger partial charge on any atom is 0.247 e. The summed E-state index contributed by atoms with van der Waals surface area (Å²) in [5.74, 6) is 1.32. The third-order valence-electron chi connectivity index (χ3n) is 9.51. The number of methoxy groups -OCH3 is 1. The van der Waals surface area contributed by atoms with E-state index in [0.717, 1.165) is 24.8 Å². The van der Waals surface area contributed by atoms with Crippen LogP contribution in [0.25, 0.3) is 0 Å². The van der Waals surface area contributed by atoms with Crippen LogP contribution in [0, 0.1) is 27.1 Å². The number of ether oxygens (including phenoxy) is 2. The average Bonchev–Trinajstić information content (AvgIpc) is 3.65. The predicted molar refractivity (Wildman–Crippen MR) is 174 cm³/mol. The van der Waals surface area contributed by atoms with Gasteiger partial charge in [0.1, 0.15) is 18.0 Å². The summed E-state index contributed by atoms with van der Waals surface area (Å²) in [5, 5.41) is 33.5. The number of aliphatic hydroxyl groups is 3. The molecule has 2 aromatic rings. The number of amides is 2. The highest BCUT2D eigenvalue weighted by molar-refractivity contribution is 14.1. The molecule has 11 heteroatoms. The van der Waals surface area contributed by atoms with Gasteiger partial charge in [-0.1, -0.05) is 18.6 Å². The Balaban J connectivity index is 1.46. The summed E-state index contributed by atoms with van der Waals surface area (Å²) < 4.78 is 26.6. The van der Waals surface area contributed by atoms with Gasteiger partial charge in [-0.3, -0.25) is 9.59 Å². The quantitative estimate of drug-likeness (QED) is 0.231. The molecule has 2 fully saturated rings. The summed E-state index contributed by atoms with van der Waals surface area (Å²) in [6.45, 7) is -0.148. The number of carbonyl (C=O) groups excluding carboxylic acids is 2. The third kappa shape index (κ3) is 7.98. The van der Waals surface area contributed by atoms with Crippen LogP contribution in [-0.2, 0) is 22.6 Å². The van der Waals surface area contributed by atoms with Gasteiger partial charge in [0.2, 0.25) is 11.8 Å². The summed E-state index contributed by atoms with van der Waals surface area (Å²) in [7, 11) is 1.48. The molecule has 0 heterocycles. The van der Waals surface area contributed by atoms with Crippen LogP contribution in [0.1, 0.15) is 49.7 Å². The first-order valence-electron chi connectivity index (χ1n) is 15.7. The van der Waals surface area contributed by atoms with Crippen molar-refractivity contribution >= 4 is 34.4 Å². The molecule has 244 valence electrons. The summed E-state index contributed by atoms with van der Waals surface area (Å²) in [4.78, 5) is 29.0. The molecule has 5 rings (SSSR count). The van der Waals surface area contributed by atoms with Crippen molar-refractivity contribution in [3.05, 3.63) is 68.6 Å². The van der Waals surface area contributed by atoms with Crippen LogP contribution >= 0.6 is 22.6 Å². The van der Waals surface area contributed by atoms with Gasteiger partial charge in [-0.15, -0.1) is 0 Å². The maximum absolute atomic E-state index is 14.1. The molecule has 0 saturated heterocycles. The number of nitrogens with zero attached hydrogens (tertiary/aromatic N) is 1. The highest BCUT2D eigenvalue weighted by atomic mass is 127. The zero-order chi connectivity index (χ0) is 32.1. The zero-order valence-corrected chi connectivity index (χ0v) is 27.6. The molecule has 2 bridgehead atoms. The second-order valence-electron chi connectivity index (χ2n) is 12.4. The van der Waals surface area contributed by atoms with Gasteiger partial charge >= 0.3 is 0 Å². The van der Waals surface area contributed by atoms with E-state index in [1.165, 1.54) is 25.7 Å². The van der Waals surface area contributed by atoms with Gasteiger partial charge in [0.05, 0.1) is 29.9 Å². The number of carbonyl (C=O) groups is 2. The van der Waals surface area contributed by atoms with Crippen LogP contribution < -0.4 is 14.8 Å². The van der Waals surface area contributed by atoms with Crippen LogP contribution in [0.15, 0.2) is 48.0 Å². The van der Waals surface area contributed by atoms with Gasteiger partial charge in [0.15, 0.2) is 11.5 Å². The normalized spacial score (nSPS) is 25.5. The fraction of sp³-hybridized carbons (Fsp3) is 0.529. The van der Waals surface area contributed by atoms with E-state index in [1.807, 2.05) is 6.07 Å². The Hall–Kier alpha value is -2.74. The molecule has 6 atom stereocenters. The number of hydrogen-bond donors (Lipinski definition) is 4. The third-order valence-corrected chi connectivity index (χ3v) is 10.3. The number of hydrogen-bond acceptors (Lipinski definition) is 7. The van der Waals surface area contributed by atoms with Crippen LogP contribution in [0.2, 0.25) is 0 Å². The van der Waals surface area contributed by atoms with Crippen LogP contribution in [0.5, 0.6) is 11.5 Å². The first-order chi connectivity index (χ1) is 21.7. The van der Waals surface area contributed by atoms with Gasteiger partial charge in [-0.05, 0) is 107 Å². The number of aliphatic hydroxyl groups excluding tert-OH is 3. The summed E-state index contributed by atoms with van der Waals surface area (Å²) >= 11 is 2.07. The van der Waals surface area contributed by atoms with E-state index < -0.39 is 24.2 Å². The number of benzene rings is 2. The van der Waals surface area contributed by atoms with Crippen molar-refractivity contribution < 1.29 is 38.8 Å². The van der Waals surface area contributed by atoms with Crippen LogP contribution in [-0.4, -0.2) is 77.1 Å². The van der Waals surface area contributed by atoms with E-state index in [9.17, 15) is 29.3 Å². The van der Waals surface area contributed by atoms with E-state index in [4.69, 9.17) is 9.47 Å². The molecular formula is C34H42FIN2O7. The molecule has 4 N–H and O–H groups in total. The minimum Gasteiger partial charge on any atom is -0.493 e. The molecular weight excluding hydrogens is 694 g/mol. The topological polar surface area (TPSA) is 129 Å². The molecule has 45 heavy (non-hydrogen) atoms. The van der Waals surface area contributed by atoms with Crippen molar-refractivity contribution in [2.45, 2.75) is 69.8 Å². The Labute approximate surface area is 276 Å². The molecule has 6 unspecified atom stereocenters. The Morgan fingerprint density at radius 1 is 1.13 bits per heavy atom. The lowest BCUT2D eigenvalue weighted by atomic mass is 9.84. The fourth-order valence-corrected chi connectivity index (χ4v) is 8.07. The Morgan fingerprint density at radius 2 is 1.96 bits per heavy atom. The Morgan fingerprint density at radius 3 is 2.62 bits per heavy atom. The number of halogens is 2. The molecule has 3 aliphatic rings. The van der Waals surface area contributed by atoms with Crippen molar-refractivity contribution in [1.29, 1.82) is 0 Å². The lowest BCUT2D eigenvalue weighted by Crippen LogP contribution is -2.55. The molecule has 0 spiro atoms. The standard InChI is InChI=1S/C34H42FIN2O7/c1-44-30-15-22(19-40)14-27(36)33(30)45-29-17-25(34(43)37-8-10-39)16-28(32(29)42)38(9-7-20-3-2-4-26(35)13-20)31(41)18-24-12-21-5-6-23(24)11-21/h2-4,13-15,17,21,23-24,28-29,32,39-40,42H,5-12,16,18-19H2,1H3,(H,37,43). The number of rotatable bonds is 13. The average molecular weight is 737 g/mol.